The van der Waals surface area contributed by atoms with Crippen LogP contribution in [0.25, 0.3) is 0 Å². The fourth-order valence-electron chi connectivity index (χ4n) is 8.11. The van der Waals surface area contributed by atoms with Crippen LogP contribution in [0.2, 0.25) is 0 Å². The van der Waals surface area contributed by atoms with Crippen LogP contribution < -0.4 is 5.73 Å². The first-order valence-electron chi connectivity index (χ1n) is 12.0. The number of amides is 3. The Hall–Kier alpha value is -2.08. The van der Waals surface area contributed by atoms with Gasteiger partial charge in [0.25, 0.3) is 0 Å². The number of nitrogens with zero attached hydrogens (tertiary/aromatic N) is 2. The summed E-state index contributed by atoms with van der Waals surface area (Å²) in [6.45, 7) is 2.79. The highest BCUT2D eigenvalue weighted by molar-refractivity contribution is 5.82. The van der Waals surface area contributed by atoms with Gasteiger partial charge >= 0.3 is 6.03 Å². The molecule has 2 N–H and O–H groups in total. The van der Waals surface area contributed by atoms with Gasteiger partial charge in [0.05, 0.1) is 18.8 Å². The number of hydrogen-bond acceptors (Lipinski definition) is 3. The van der Waals surface area contributed by atoms with E-state index in [4.69, 9.17) is 10.5 Å². The zero-order valence-electron chi connectivity index (χ0n) is 18.2. The maximum atomic E-state index is 13.6. The molecule has 3 unspecified atom stereocenters. The van der Waals surface area contributed by atoms with Gasteiger partial charge in [-0.25, -0.2) is 4.79 Å². The van der Waals surface area contributed by atoms with Crippen molar-refractivity contribution >= 4 is 11.9 Å². The van der Waals surface area contributed by atoms with E-state index in [1.54, 1.807) is 0 Å². The van der Waals surface area contributed by atoms with Crippen LogP contribution in [0.3, 0.4) is 0 Å². The Morgan fingerprint density at radius 1 is 1.13 bits per heavy atom. The number of primary amides is 1. The number of ether oxygens (including phenoxy) is 1. The van der Waals surface area contributed by atoms with Crippen molar-refractivity contribution in [3.05, 3.63) is 35.9 Å². The second-order valence-electron chi connectivity index (χ2n) is 11.0. The number of carbonyl (C=O) groups is 2. The third-order valence-corrected chi connectivity index (χ3v) is 9.13. The van der Waals surface area contributed by atoms with E-state index in [0.717, 1.165) is 58.0 Å². The molecule has 166 valence electrons. The van der Waals surface area contributed by atoms with Crippen molar-refractivity contribution in [1.82, 2.24) is 9.80 Å². The number of nitrogens with two attached hydrogens (primary N) is 1. The van der Waals surface area contributed by atoms with Gasteiger partial charge in [0.1, 0.15) is 0 Å². The van der Waals surface area contributed by atoms with Gasteiger partial charge in [-0.1, -0.05) is 30.3 Å². The van der Waals surface area contributed by atoms with Gasteiger partial charge in [-0.3, -0.25) is 4.79 Å². The maximum Gasteiger partial charge on any atom is 0.320 e. The van der Waals surface area contributed by atoms with Crippen LogP contribution in [0, 0.1) is 23.2 Å². The van der Waals surface area contributed by atoms with Crippen LogP contribution >= 0.6 is 0 Å². The molecule has 2 aliphatic heterocycles. The van der Waals surface area contributed by atoms with E-state index in [1.165, 1.54) is 5.56 Å². The molecule has 31 heavy (non-hydrogen) atoms. The molecule has 3 amide bonds. The second kappa shape index (κ2) is 6.96. The molecule has 0 spiro atoms. The van der Waals surface area contributed by atoms with E-state index < -0.39 is 0 Å². The summed E-state index contributed by atoms with van der Waals surface area (Å²) in [7, 11) is 0. The van der Waals surface area contributed by atoms with E-state index in [9.17, 15) is 9.59 Å². The molecule has 6 aliphatic rings. The number of urea groups is 1. The first-order valence-corrected chi connectivity index (χ1v) is 12.0. The Kier molecular flexibility index (Phi) is 4.40. The minimum atomic E-state index is -0.303. The molecule has 4 saturated carbocycles. The van der Waals surface area contributed by atoms with Gasteiger partial charge in [0.2, 0.25) is 5.91 Å². The normalized spacial score (nSPS) is 40.6. The van der Waals surface area contributed by atoms with Crippen LogP contribution in [-0.2, 0) is 16.1 Å². The van der Waals surface area contributed by atoms with Crippen molar-refractivity contribution in [2.24, 2.45) is 28.9 Å². The molecule has 4 aliphatic carbocycles. The van der Waals surface area contributed by atoms with E-state index in [2.05, 4.69) is 21.9 Å². The number of rotatable bonds is 6. The number of hydrogen-bond donors (Lipinski definition) is 1. The third-order valence-electron chi connectivity index (χ3n) is 9.13. The molecule has 4 bridgehead atoms. The predicted molar refractivity (Wildman–Crippen MR) is 116 cm³/mol. The van der Waals surface area contributed by atoms with Gasteiger partial charge < -0.3 is 20.3 Å². The SMILES string of the molecule is NC(=O)C12CC3CC(C1)C(N1CC4(COCc5ccccc5)CCCN4C1=O)C(C3)C2. The molecular formula is C25H33N3O3. The first-order chi connectivity index (χ1) is 15.0. The van der Waals surface area contributed by atoms with Crippen molar-refractivity contribution in [2.45, 2.75) is 63.1 Å². The summed E-state index contributed by atoms with van der Waals surface area (Å²) in [6.07, 6.45) is 7.09. The topological polar surface area (TPSA) is 75.9 Å². The van der Waals surface area contributed by atoms with Gasteiger partial charge in [-0.05, 0) is 68.3 Å². The zero-order chi connectivity index (χ0) is 21.2. The van der Waals surface area contributed by atoms with Crippen molar-refractivity contribution in [3.8, 4) is 0 Å². The molecule has 7 rings (SSSR count). The fraction of sp³-hybridized carbons (Fsp3) is 0.680. The number of fused-ring (bicyclic) bond motifs is 1. The molecular weight excluding hydrogens is 390 g/mol. The van der Waals surface area contributed by atoms with Crippen LogP contribution in [0.5, 0.6) is 0 Å². The summed E-state index contributed by atoms with van der Waals surface area (Å²) in [5, 5.41) is 0. The van der Waals surface area contributed by atoms with Crippen molar-refractivity contribution in [2.75, 3.05) is 19.7 Å². The van der Waals surface area contributed by atoms with Crippen molar-refractivity contribution in [3.63, 3.8) is 0 Å². The lowest BCUT2D eigenvalue weighted by Crippen LogP contribution is -2.62. The second-order valence-corrected chi connectivity index (χ2v) is 11.0. The highest BCUT2D eigenvalue weighted by Crippen LogP contribution is 2.61. The first kappa shape index (κ1) is 19.6. The van der Waals surface area contributed by atoms with Crippen molar-refractivity contribution in [1.29, 1.82) is 0 Å². The lowest BCUT2D eigenvalue weighted by Gasteiger charge is -2.60. The maximum absolute atomic E-state index is 13.6. The average molecular weight is 424 g/mol. The summed E-state index contributed by atoms with van der Waals surface area (Å²) in [4.78, 5) is 30.2. The van der Waals surface area contributed by atoms with E-state index >= 15 is 0 Å². The van der Waals surface area contributed by atoms with Crippen LogP contribution in [-0.4, -0.2) is 53.0 Å². The lowest BCUT2D eigenvalue weighted by molar-refractivity contribution is -0.150. The zero-order valence-corrected chi connectivity index (χ0v) is 18.2. The van der Waals surface area contributed by atoms with Gasteiger partial charge in [0.15, 0.2) is 0 Å². The lowest BCUT2D eigenvalue weighted by atomic mass is 9.47. The smallest absolute Gasteiger partial charge is 0.320 e. The minimum Gasteiger partial charge on any atom is -0.374 e. The van der Waals surface area contributed by atoms with Crippen LogP contribution in [0.4, 0.5) is 4.79 Å². The van der Waals surface area contributed by atoms with E-state index in [1.807, 2.05) is 18.2 Å². The summed E-state index contributed by atoms with van der Waals surface area (Å²) in [6, 6.07) is 10.7. The Bertz CT molecular complexity index is 873. The van der Waals surface area contributed by atoms with Crippen molar-refractivity contribution < 1.29 is 14.3 Å². The standard InChI is InChI=1S/C25H33N3O3/c26-22(29)24-11-18-9-19(12-24)21(20(10-18)13-24)27-15-25(7-4-8-28(25)23(27)30)16-31-14-17-5-2-1-3-6-17/h1-3,5-6,18-21H,4,7-16H2,(H2,26,29). The molecule has 6 fully saturated rings. The van der Waals surface area contributed by atoms with Crippen LogP contribution in [0.1, 0.15) is 50.5 Å². The monoisotopic (exact) mass is 423 g/mol. The Labute approximate surface area is 184 Å². The molecule has 2 heterocycles. The van der Waals surface area contributed by atoms with Gasteiger partial charge in [0, 0.05) is 24.5 Å². The third kappa shape index (κ3) is 2.94. The highest BCUT2D eigenvalue weighted by Gasteiger charge is 2.62. The molecule has 3 atom stereocenters. The fourth-order valence-corrected chi connectivity index (χ4v) is 8.11. The molecule has 0 aromatic heterocycles. The summed E-state index contributed by atoms with van der Waals surface area (Å²) in [5.41, 5.74) is 6.55. The largest absolute Gasteiger partial charge is 0.374 e. The number of benzene rings is 1. The summed E-state index contributed by atoms with van der Waals surface area (Å²) >= 11 is 0. The summed E-state index contributed by atoms with van der Waals surface area (Å²) in [5.74, 6) is 1.35. The average Bonchev–Trinajstić information content (AvgIpc) is 3.26. The Balaban J connectivity index is 1.20. The minimum absolute atomic E-state index is 0.107. The molecule has 6 nitrogen and oxygen atoms in total. The van der Waals surface area contributed by atoms with E-state index in [0.29, 0.717) is 31.0 Å². The van der Waals surface area contributed by atoms with Gasteiger partial charge in [-0.15, -0.1) is 0 Å². The highest BCUT2D eigenvalue weighted by atomic mass is 16.5. The van der Waals surface area contributed by atoms with E-state index in [-0.39, 0.29) is 28.9 Å². The quantitative estimate of drug-likeness (QED) is 0.764. The Morgan fingerprint density at radius 3 is 2.58 bits per heavy atom. The predicted octanol–water partition coefficient (Wildman–Crippen LogP) is 3.15. The molecule has 1 aromatic carbocycles. The van der Waals surface area contributed by atoms with Crippen LogP contribution in [0.15, 0.2) is 30.3 Å². The number of carbonyl (C=O) groups excluding carboxylic acids is 2. The molecule has 1 aromatic rings. The van der Waals surface area contributed by atoms with Gasteiger partial charge in [-0.2, -0.15) is 0 Å². The molecule has 0 radical (unpaired) electrons. The Morgan fingerprint density at radius 2 is 1.87 bits per heavy atom. The summed E-state index contributed by atoms with van der Waals surface area (Å²) < 4.78 is 6.18. The molecule has 6 heteroatoms. The molecule has 2 saturated heterocycles.